The van der Waals surface area contributed by atoms with Gasteiger partial charge in [-0.25, -0.2) is 8.78 Å². The first-order chi connectivity index (χ1) is 7.99. The van der Waals surface area contributed by atoms with Gasteiger partial charge in [-0.3, -0.25) is 9.59 Å². The molecule has 0 aromatic carbocycles. The van der Waals surface area contributed by atoms with Crippen LogP contribution < -0.4 is 5.32 Å². The molecule has 1 aliphatic carbocycles. The van der Waals surface area contributed by atoms with Gasteiger partial charge in [0.2, 0.25) is 11.8 Å². The second kappa shape index (κ2) is 4.58. The first kappa shape index (κ1) is 12.3. The van der Waals surface area contributed by atoms with Crippen molar-refractivity contribution in [3.63, 3.8) is 0 Å². The maximum atomic E-state index is 12.5. The quantitative estimate of drug-likeness (QED) is 0.796. The fourth-order valence-corrected chi connectivity index (χ4v) is 2.04. The maximum Gasteiger partial charge on any atom is 0.252 e. The van der Waals surface area contributed by atoms with E-state index >= 15 is 0 Å². The standard InChI is InChI=1S/C11H16F2N2O2/c12-11(13)6-8(11)5-9(16)14-7-10(17)15-3-1-2-4-15/h8H,1-7H2,(H,14,16). The summed E-state index contributed by atoms with van der Waals surface area (Å²) in [4.78, 5) is 24.5. The average molecular weight is 246 g/mol. The lowest BCUT2D eigenvalue weighted by Gasteiger charge is -2.15. The van der Waals surface area contributed by atoms with Crippen LogP contribution in [-0.2, 0) is 9.59 Å². The minimum Gasteiger partial charge on any atom is -0.347 e. The molecule has 6 heteroatoms. The van der Waals surface area contributed by atoms with E-state index in [-0.39, 0.29) is 25.3 Å². The molecule has 1 heterocycles. The van der Waals surface area contributed by atoms with Crippen molar-refractivity contribution in [3.8, 4) is 0 Å². The van der Waals surface area contributed by atoms with E-state index in [0.717, 1.165) is 25.9 Å². The number of carbonyl (C=O) groups is 2. The van der Waals surface area contributed by atoms with E-state index in [0.29, 0.717) is 0 Å². The zero-order valence-corrected chi connectivity index (χ0v) is 9.55. The lowest BCUT2D eigenvalue weighted by atomic mass is 10.2. The van der Waals surface area contributed by atoms with Crippen LogP contribution in [0.1, 0.15) is 25.7 Å². The van der Waals surface area contributed by atoms with Gasteiger partial charge in [0, 0.05) is 31.8 Å². The monoisotopic (exact) mass is 246 g/mol. The molecule has 1 saturated heterocycles. The van der Waals surface area contributed by atoms with Gasteiger partial charge in [0.05, 0.1) is 6.54 Å². The molecule has 0 spiro atoms. The van der Waals surface area contributed by atoms with Crippen LogP contribution in [0.5, 0.6) is 0 Å². The normalized spacial score (nSPS) is 25.8. The molecular formula is C11H16F2N2O2. The summed E-state index contributed by atoms with van der Waals surface area (Å²) in [6.07, 6.45) is 1.60. The van der Waals surface area contributed by atoms with Crippen molar-refractivity contribution in [2.24, 2.45) is 5.92 Å². The lowest BCUT2D eigenvalue weighted by molar-refractivity contribution is -0.132. The Morgan fingerprint density at radius 1 is 1.29 bits per heavy atom. The van der Waals surface area contributed by atoms with Crippen LogP contribution in [0.15, 0.2) is 0 Å². The Labute approximate surface area is 98.3 Å². The van der Waals surface area contributed by atoms with Gasteiger partial charge in [-0.15, -0.1) is 0 Å². The molecule has 96 valence electrons. The molecule has 0 radical (unpaired) electrons. The van der Waals surface area contributed by atoms with E-state index < -0.39 is 17.7 Å². The fraction of sp³-hybridized carbons (Fsp3) is 0.818. The molecule has 17 heavy (non-hydrogen) atoms. The SMILES string of the molecule is O=C(CC1CC1(F)F)NCC(=O)N1CCCC1. The molecule has 2 amide bonds. The van der Waals surface area contributed by atoms with Crippen molar-refractivity contribution in [2.75, 3.05) is 19.6 Å². The van der Waals surface area contributed by atoms with Crippen LogP contribution in [0.3, 0.4) is 0 Å². The second-order valence-corrected chi connectivity index (χ2v) is 4.73. The lowest BCUT2D eigenvalue weighted by Crippen LogP contribution is -2.38. The summed E-state index contributed by atoms with van der Waals surface area (Å²) >= 11 is 0. The van der Waals surface area contributed by atoms with Crippen LogP contribution in [-0.4, -0.2) is 42.3 Å². The number of rotatable bonds is 4. The number of carbonyl (C=O) groups excluding carboxylic acids is 2. The number of halogens is 2. The van der Waals surface area contributed by atoms with Crippen LogP contribution in [0.4, 0.5) is 8.78 Å². The van der Waals surface area contributed by atoms with Gasteiger partial charge < -0.3 is 10.2 Å². The minimum atomic E-state index is -2.67. The van der Waals surface area contributed by atoms with Crippen LogP contribution in [0.25, 0.3) is 0 Å². The van der Waals surface area contributed by atoms with Gasteiger partial charge in [-0.2, -0.15) is 0 Å². The minimum absolute atomic E-state index is 0.0723. The zero-order chi connectivity index (χ0) is 12.5. The summed E-state index contributed by atoms with van der Waals surface area (Å²) in [6.45, 7) is 1.39. The molecule has 0 bridgehead atoms. The van der Waals surface area contributed by atoms with Crippen LogP contribution >= 0.6 is 0 Å². The van der Waals surface area contributed by atoms with Crippen molar-refractivity contribution in [3.05, 3.63) is 0 Å². The molecule has 1 unspecified atom stereocenters. The summed E-state index contributed by atoms with van der Waals surface area (Å²) in [7, 11) is 0. The summed E-state index contributed by atoms with van der Waals surface area (Å²) in [5.74, 6) is -4.08. The topological polar surface area (TPSA) is 49.4 Å². The van der Waals surface area contributed by atoms with E-state index in [1.807, 2.05) is 0 Å². The predicted octanol–water partition coefficient (Wildman–Crippen LogP) is 0.770. The maximum absolute atomic E-state index is 12.5. The van der Waals surface area contributed by atoms with Crippen molar-refractivity contribution in [1.82, 2.24) is 10.2 Å². The van der Waals surface area contributed by atoms with E-state index in [1.54, 1.807) is 4.90 Å². The third-order valence-electron chi connectivity index (χ3n) is 3.28. The first-order valence-electron chi connectivity index (χ1n) is 5.91. The molecular weight excluding hydrogens is 230 g/mol. The van der Waals surface area contributed by atoms with Crippen LogP contribution in [0.2, 0.25) is 0 Å². The largest absolute Gasteiger partial charge is 0.347 e. The highest BCUT2D eigenvalue weighted by Gasteiger charge is 2.57. The van der Waals surface area contributed by atoms with Gasteiger partial charge in [-0.05, 0) is 12.8 Å². The number of likely N-dealkylation sites (tertiary alicyclic amines) is 1. The Bertz CT molecular complexity index is 327. The zero-order valence-electron chi connectivity index (χ0n) is 9.55. The molecule has 2 fully saturated rings. The van der Waals surface area contributed by atoms with Gasteiger partial charge in [0.1, 0.15) is 0 Å². The van der Waals surface area contributed by atoms with E-state index in [2.05, 4.69) is 5.32 Å². The molecule has 0 aromatic heterocycles. The third-order valence-corrected chi connectivity index (χ3v) is 3.28. The van der Waals surface area contributed by atoms with Gasteiger partial charge >= 0.3 is 0 Å². The number of hydrogen-bond acceptors (Lipinski definition) is 2. The molecule has 1 N–H and O–H groups in total. The van der Waals surface area contributed by atoms with E-state index in [1.165, 1.54) is 0 Å². The molecule has 2 rings (SSSR count). The number of nitrogens with zero attached hydrogens (tertiary/aromatic N) is 1. The molecule has 1 saturated carbocycles. The highest BCUT2D eigenvalue weighted by Crippen LogP contribution is 2.50. The molecule has 4 nitrogen and oxygen atoms in total. The van der Waals surface area contributed by atoms with Crippen molar-refractivity contribution < 1.29 is 18.4 Å². The van der Waals surface area contributed by atoms with Gasteiger partial charge in [0.15, 0.2) is 0 Å². The molecule has 1 atom stereocenters. The highest BCUT2D eigenvalue weighted by atomic mass is 19.3. The van der Waals surface area contributed by atoms with E-state index in [9.17, 15) is 18.4 Å². The smallest absolute Gasteiger partial charge is 0.252 e. The molecule has 1 aliphatic heterocycles. The molecule has 0 aromatic rings. The first-order valence-corrected chi connectivity index (χ1v) is 5.91. The Balaban J connectivity index is 1.64. The number of alkyl halides is 2. The number of nitrogens with one attached hydrogen (secondary N) is 1. The second-order valence-electron chi connectivity index (χ2n) is 4.73. The van der Waals surface area contributed by atoms with Crippen molar-refractivity contribution in [1.29, 1.82) is 0 Å². The third kappa shape index (κ3) is 3.14. The van der Waals surface area contributed by atoms with Crippen molar-refractivity contribution >= 4 is 11.8 Å². The summed E-state index contributed by atoms with van der Waals surface area (Å²) in [5, 5.41) is 2.40. The van der Waals surface area contributed by atoms with Crippen LogP contribution in [0, 0.1) is 5.92 Å². The Morgan fingerprint density at radius 2 is 1.88 bits per heavy atom. The van der Waals surface area contributed by atoms with E-state index in [4.69, 9.17) is 0 Å². The Morgan fingerprint density at radius 3 is 2.41 bits per heavy atom. The molecule has 2 aliphatic rings. The summed E-state index contributed by atoms with van der Waals surface area (Å²) < 4.78 is 25.1. The fourth-order valence-electron chi connectivity index (χ4n) is 2.04. The van der Waals surface area contributed by atoms with Gasteiger partial charge in [-0.1, -0.05) is 0 Å². The summed E-state index contributed by atoms with van der Waals surface area (Å²) in [5.41, 5.74) is 0. The number of hydrogen-bond donors (Lipinski definition) is 1. The predicted molar refractivity (Wildman–Crippen MR) is 56.5 cm³/mol. The highest BCUT2D eigenvalue weighted by molar-refractivity contribution is 5.85. The Kier molecular flexibility index (Phi) is 3.31. The summed E-state index contributed by atoms with van der Waals surface area (Å²) in [6, 6.07) is 0. The average Bonchev–Trinajstić information content (AvgIpc) is 2.74. The number of amides is 2. The van der Waals surface area contributed by atoms with Crippen molar-refractivity contribution in [2.45, 2.75) is 31.6 Å². The Hall–Kier alpha value is -1.20. The van der Waals surface area contributed by atoms with Gasteiger partial charge in [0.25, 0.3) is 5.92 Å².